The number of aryl methyl sites for hydroxylation is 1. The standard InChI is InChI=1S/C11H16ClN3/c1-8-5-10(7-14-11(8)12)15-9-3-2-4-13-6-9/h5,7,9,13,15H,2-4,6H2,1H3. The van der Waals surface area contributed by atoms with Crippen molar-refractivity contribution in [3.8, 4) is 0 Å². The summed E-state index contributed by atoms with van der Waals surface area (Å²) in [5.41, 5.74) is 2.08. The maximum absolute atomic E-state index is 5.87. The summed E-state index contributed by atoms with van der Waals surface area (Å²) >= 11 is 5.87. The number of nitrogens with zero attached hydrogens (tertiary/aromatic N) is 1. The number of hydrogen-bond donors (Lipinski definition) is 2. The summed E-state index contributed by atoms with van der Waals surface area (Å²) in [6.07, 6.45) is 4.25. The van der Waals surface area contributed by atoms with E-state index in [2.05, 4.69) is 15.6 Å². The second-order valence-electron chi connectivity index (χ2n) is 4.02. The number of piperidine rings is 1. The summed E-state index contributed by atoms with van der Waals surface area (Å²) in [5.74, 6) is 0. The van der Waals surface area contributed by atoms with Gasteiger partial charge in [-0.25, -0.2) is 4.98 Å². The van der Waals surface area contributed by atoms with E-state index < -0.39 is 0 Å². The van der Waals surface area contributed by atoms with E-state index in [-0.39, 0.29) is 0 Å². The van der Waals surface area contributed by atoms with E-state index in [0.29, 0.717) is 11.2 Å². The van der Waals surface area contributed by atoms with Gasteiger partial charge in [0.2, 0.25) is 0 Å². The number of rotatable bonds is 2. The molecule has 2 rings (SSSR count). The van der Waals surface area contributed by atoms with Crippen molar-refractivity contribution in [1.82, 2.24) is 10.3 Å². The monoisotopic (exact) mass is 225 g/mol. The largest absolute Gasteiger partial charge is 0.380 e. The second kappa shape index (κ2) is 4.81. The first kappa shape index (κ1) is 10.7. The summed E-state index contributed by atoms with van der Waals surface area (Å²) < 4.78 is 0. The van der Waals surface area contributed by atoms with Gasteiger partial charge in [-0.3, -0.25) is 0 Å². The van der Waals surface area contributed by atoms with Gasteiger partial charge < -0.3 is 10.6 Å². The van der Waals surface area contributed by atoms with Crippen LogP contribution in [0.3, 0.4) is 0 Å². The van der Waals surface area contributed by atoms with Crippen molar-refractivity contribution >= 4 is 17.3 Å². The van der Waals surface area contributed by atoms with E-state index >= 15 is 0 Å². The Morgan fingerprint density at radius 2 is 2.47 bits per heavy atom. The highest BCUT2D eigenvalue weighted by Gasteiger charge is 2.12. The first-order chi connectivity index (χ1) is 7.25. The molecule has 15 heavy (non-hydrogen) atoms. The Balaban J connectivity index is 2.00. The Morgan fingerprint density at radius 1 is 1.60 bits per heavy atom. The molecule has 1 saturated heterocycles. The van der Waals surface area contributed by atoms with Crippen molar-refractivity contribution < 1.29 is 0 Å². The van der Waals surface area contributed by atoms with Gasteiger partial charge in [0.1, 0.15) is 5.15 Å². The molecule has 0 aromatic carbocycles. The number of nitrogens with one attached hydrogen (secondary N) is 2. The van der Waals surface area contributed by atoms with Crippen LogP contribution in [0.15, 0.2) is 12.3 Å². The molecule has 0 spiro atoms. The summed E-state index contributed by atoms with van der Waals surface area (Å²) in [6, 6.07) is 2.56. The number of halogens is 1. The minimum Gasteiger partial charge on any atom is -0.380 e. The highest BCUT2D eigenvalue weighted by atomic mass is 35.5. The van der Waals surface area contributed by atoms with Gasteiger partial charge in [-0.1, -0.05) is 11.6 Å². The van der Waals surface area contributed by atoms with Crippen molar-refractivity contribution in [1.29, 1.82) is 0 Å². The van der Waals surface area contributed by atoms with Gasteiger partial charge >= 0.3 is 0 Å². The zero-order chi connectivity index (χ0) is 10.7. The van der Waals surface area contributed by atoms with Crippen molar-refractivity contribution in [2.75, 3.05) is 18.4 Å². The molecule has 1 atom stereocenters. The minimum atomic E-state index is 0.515. The molecule has 0 saturated carbocycles. The van der Waals surface area contributed by atoms with Crippen LogP contribution in [0.4, 0.5) is 5.69 Å². The summed E-state index contributed by atoms with van der Waals surface area (Å²) in [5, 5.41) is 7.42. The third-order valence-electron chi connectivity index (χ3n) is 2.68. The Kier molecular flexibility index (Phi) is 3.44. The van der Waals surface area contributed by atoms with Gasteiger partial charge in [0, 0.05) is 12.6 Å². The van der Waals surface area contributed by atoms with Crippen LogP contribution >= 0.6 is 11.6 Å². The Labute approximate surface area is 95.2 Å². The molecule has 1 aliphatic rings. The predicted molar refractivity (Wildman–Crippen MR) is 63.5 cm³/mol. The van der Waals surface area contributed by atoms with Gasteiger partial charge in [0.15, 0.2) is 0 Å². The lowest BCUT2D eigenvalue weighted by Crippen LogP contribution is -2.38. The van der Waals surface area contributed by atoms with E-state index in [4.69, 9.17) is 11.6 Å². The lowest BCUT2D eigenvalue weighted by atomic mass is 10.1. The number of aromatic nitrogens is 1. The van der Waals surface area contributed by atoms with Crippen LogP contribution in [0.1, 0.15) is 18.4 Å². The van der Waals surface area contributed by atoms with Crippen LogP contribution in [-0.2, 0) is 0 Å². The summed E-state index contributed by atoms with van der Waals surface area (Å²) in [7, 11) is 0. The number of hydrogen-bond acceptors (Lipinski definition) is 3. The maximum atomic E-state index is 5.87. The molecule has 2 heterocycles. The lowest BCUT2D eigenvalue weighted by molar-refractivity contribution is 0.480. The smallest absolute Gasteiger partial charge is 0.132 e. The van der Waals surface area contributed by atoms with E-state index in [1.54, 1.807) is 6.20 Å². The molecule has 1 aromatic rings. The molecule has 3 nitrogen and oxygen atoms in total. The van der Waals surface area contributed by atoms with Gasteiger partial charge in [-0.05, 0) is 37.9 Å². The van der Waals surface area contributed by atoms with E-state index in [1.165, 1.54) is 12.8 Å². The molecule has 82 valence electrons. The zero-order valence-electron chi connectivity index (χ0n) is 8.89. The van der Waals surface area contributed by atoms with E-state index in [0.717, 1.165) is 24.3 Å². The molecule has 2 N–H and O–H groups in total. The maximum Gasteiger partial charge on any atom is 0.132 e. The van der Waals surface area contributed by atoms with Gasteiger partial charge in [-0.2, -0.15) is 0 Å². The van der Waals surface area contributed by atoms with Gasteiger partial charge in [0.25, 0.3) is 0 Å². The molecule has 1 unspecified atom stereocenters. The van der Waals surface area contributed by atoms with Crippen molar-refractivity contribution in [3.05, 3.63) is 23.0 Å². The highest BCUT2D eigenvalue weighted by molar-refractivity contribution is 6.30. The molecule has 1 aliphatic heterocycles. The zero-order valence-corrected chi connectivity index (χ0v) is 9.64. The van der Waals surface area contributed by atoms with Gasteiger partial charge in [0.05, 0.1) is 11.9 Å². The lowest BCUT2D eigenvalue weighted by Gasteiger charge is -2.24. The SMILES string of the molecule is Cc1cc(NC2CCCNC2)cnc1Cl. The summed E-state index contributed by atoms with van der Waals surface area (Å²) in [4.78, 5) is 4.13. The average molecular weight is 226 g/mol. The first-order valence-corrected chi connectivity index (χ1v) is 5.73. The number of anilines is 1. The quantitative estimate of drug-likeness (QED) is 0.758. The fourth-order valence-corrected chi connectivity index (χ4v) is 1.95. The number of pyridine rings is 1. The van der Waals surface area contributed by atoms with Crippen molar-refractivity contribution in [3.63, 3.8) is 0 Å². The fourth-order valence-electron chi connectivity index (χ4n) is 1.85. The van der Waals surface area contributed by atoms with Crippen molar-refractivity contribution in [2.45, 2.75) is 25.8 Å². The molecular formula is C11H16ClN3. The Bertz CT molecular complexity index is 335. The molecule has 0 amide bonds. The van der Waals surface area contributed by atoms with Crippen LogP contribution < -0.4 is 10.6 Å². The fraction of sp³-hybridized carbons (Fsp3) is 0.545. The third-order valence-corrected chi connectivity index (χ3v) is 3.08. The van der Waals surface area contributed by atoms with E-state index in [1.807, 2.05) is 13.0 Å². The minimum absolute atomic E-state index is 0.515. The van der Waals surface area contributed by atoms with Crippen LogP contribution in [0.25, 0.3) is 0 Å². The van der Waals surface area contributed by atoms with E-state index in [9.17, 15) is 0 Å². The van der Waals surface area contributed by atoms with Crippen LogP contribution in [0.2, 0.25) is 5.15 Å². The first-order valence-electron chi connectivity index (χ1n) is 5.35. The molecule has 4 heteroatoms. The molecule has 1 fully saturated rings. The van der Waals surface area contributed by atoms with Crippen molar-refractivity contribution in [2.24, 2.45) is 0 Å². The molecule has 1 aromatic heterocycles. The summed E-state index contributed by atoms with van der Waals surface area (Å²) in [6.45, 7) is 4.14. The normalized spacial score (nSPS) is 21.3. The van der Waals surface area contributed by atoms with Crippen LogP contribution in [0, 0.1) is 6.92 Å². The van der Waals surface area contributed by atoms with Crippen LogP contribution in [-0.4, -0.2) is 24.1 Å². The Morgan fingerprint density at radius 3 is 3.13 bits per heavy atom. The third kappa shape index (κ3) is 2.83. The Hall–Kier alpha value is -0.800. The molecule has 0 aliphatic carbocycles. The second-order valence-corrected chi connectivity index (χ2v) is 4.38. The molecule has 0 radical (unpaired) electrons. The predicted octanol–water partition coefficient (Wildman–Crippen LogP) is 2.21. The highest BCUT2D eigenvalue weighted by Crippen LogP contribution is 2.17. The topological polar surface area (TPSA) is 37.0 Å². The molecular weight excluding hydrogens is 210 g/mol. The average Bonchev–Trinajstić information content (AvgIpc) is 2.25. The van der Waals surface area contributed by atoms with Crippen LogP contribution in [0.5, 0.6) is 0 Å². The molecule has 0 bridgehead atoms. The van der Waals surface area contributed by atoms with Gasteiger partial charge in [-0.15, -0.1) is 0 Å².